The summed E-state index contributed by atoms with van der Waals surface area (Å²) < 4.78 is 13.6. The molecule has 0 aliphatic heterocycles. The number of halogens is 1. The van der Waals surface area contributed by atoms with Crippen molar-refractivity contribution in [2.75, 3.05) is 7.05 Å². The van der Waals surface area contributed by atoms with E-state index in [0.29, 0.717) is 6.54 Å². The van der Waals surface area contributed by atoms with Gasteiger partial charge in [-0.05, 0) is 42.8 Å². The Hall–Kier alpha value is -2.20. The molecule has 0 aliphatic carbocycles. The van der Waals surface area contributed by atoms with Crippen LogP contribution in [0.3, 0.4) is 0 Å². The highest BCUT2D eigenvalue weighted by Gasteiger charge is 2.11. The fraction of sp³-hybridized carbons (Fsp3) is 0.235. The number of carboxylic acids is 1. The molecule has 0 saturated heterocycles. The molecule has 0 radical (unpaired) electrons. The van der Waals surface area contributed by atoms with E-state index in [4.69, 9.17) is 5.11 Å². The molecular formula is C17H18FNO2. The first kappa shape index (κ1) is 15.2. The maximum Gasteiger partial charge on any atom is 0.338 e. The number of aryl methyl sites for hydroxylation is 1. The van der Waals surface area contributed by atoms with Crippen LogP contribution in [0.4, 0.5) is 4.39 Å². The molecule has 2 rings (SSSR count). The summed E-state index contributed by atoms with van der Waals surface area (Å²) in [6, 6.07) is 12.4. The number of hydrogen-bond donors (Lipinski definition) is 1. The van der Waals surface area contributed by atoms with Crippen LogP contribution < -0.4 is 0 Å². The Morgan fingerprint density at radius 1 is 1.19 bits per heavy atom. The van der Waals surface area contributed by atoms with Crippen molar-refractivity contribution < 1.29 is 14.3 Å². The van der Waals surface area contributed by atoms with Crippen molar-refractivity contribution in [3.05, 3.63) is 70.5 Å². The Morgan fingerprint density at radius 3 is 2.52 bits per heavy atom. The van der Waals surface area contributed by atoms with Gasteiger partial charge >= 0.3 is 5.97 Å². The minimum atomic E-state index is -1.24. The van der Waals surface area contributed by atoms with Gasteiger partial charge in [-0.15, -0.1) is 0 Å². The van der Waals surface area contributed by atoms with Crippen LogP contribution in [0.25, 0.3) is 0 Å². The molecule has 2 aromatic carbocycles. The van der Waals surface area contributed by atoms with Gasteiger partial charge in [0.15, 0.2) is 0 Å². The SMILES string of the molecule is Cc1ccccc1CN(C)Cc1ccc(C(=O)O)c(F)c1. The van der Waals surface area contributed by atoms with Crippen molar-refractivity contribution >= 4 is 5.97 Å². The van der Waals surface area contributed by atoms with Gasteiger partial charge in [0, 0.05) is 13.1 Å². The van der Waals surface area contributed by atoms with Crippen LogP contribution in [0.5, 0.6) is 0 Å². The van der Waals surface area contributed by atoms with E-state index in [0.717, 1.165) is 12.1 Å². The molecule has 0 aliphatic rings. The van der Waals surface area contributed by atoms with Crippen LogP contribution in [-0.2, 0) is 13.1 Å². The average molecular weight is 287 g/mol. The summed E-state index contributed by atoms with van der Waals surface area (Å²) in [4.78, 5) is 12.9. The number of nitrogens with zero attached hydrogens (tertiary/aromatic N) is 1. The second-order valence-electron chi connectivity index (χ2n) is 5.22. The molecule has 0 saturated carbocycles. The Morgan fingerprint density at radius 2 is 1.90 bits per heavy atom. The Bertz CT molecular complexity index is 655. The molecule has 0 atom stereocenters. The van der Waals surface area contributed by atoms with E-state index in [-0.39, 0.29) is 5.56 Å². The van der Waals surface area contributed by atoms with Crippen LogP contribution in [0, 0.1) is 12.7 Å². The van der Waals surface area contributed by atoms with Gasteiger partial charge in [-0.25, -0.2) is 9.18 Å². The van der Waals surface area contributed by atoms with Crippen LogP contribution >= 0.6 is 0 Å². The fourth-order valence-electron chi connectivity index (χ4n) is 2.28. The van der Waals surface area contributed by atoms with Crippen molar-refractivity contribution in [3.63, 3.8) is 0 Å². The summed E-state index contributed by atoms with van der Waals surface area (Å²) in [7, 11) is 1.95. The van der Waals surface area contributed by atoms with Crippen LogP contribution in [0.1, 0.15) is 27.0 Å². The summed E-state index contributed by atoms with van der Waals surface area (Å²) in [5.41, 5.74) is 2.91. The maximum absolute atomic E-state index is 13.6. The molecule has 3 nitrogen and oxygen atoms in total. The molecule has 21 heavy (non-hydrogen) atoms. The molecule has 0 heterocycles. The van der Waals surface area contributed by atoms with Crippen molar-refractivity contribution in [2.45, 2.75) is 20.0 Å². The smallest absolute Gasteiger partial charge is 0.338 e. The molecule has 4 heteroatoms. The van der Waals surface area contributed by atoms with E-state index in [1.165, 1.54) is 23.3 Å². The standard InChI is InChI=1S/C17H18FNO2/c1-12-5-3-4-6-14(12)11-19(2)10-13-7-8-15(17(20)21)16(18)9-13/h3-9H,10-11H2,1-2H3,(H,20,21). The number of benzene rings is 2. The largest absolute Gasteiger partial charge is 0.478 e. The highest BCUT2D eigenvalue weighted by Crippen LogP contribution is 2.15. The van der Waals surface area contributed by atoms with Gasteiger partial charge in [0.25, 0.3) is 0 Å². The van der Waals surface area contributed by atoms with E-state index >= 15 is 0 Å². The normalized spacial score (nSPS) is 10.9. The summed E-state index contributed by atoms with van der Waals surface area (Å²) >= 11 is 0. The molecule has 0 spiro atoms. The van der Waals surface area contributed by atoms with Gasteiger partial charge in [-0.2, -0.15) is 0 Å². The first-order chi connectivity index (χ1) is 9.97. The quantitative estimate of drug-likeness (QED) is 0.915. The van der Waals surface area contributed by atoms with E-state index < -0.39 is 11.8 Å². The molecule has 0 amide bonds. The van der Waals surface area contributed by atoms with Gasteiger partial charge in [0.1, 0.15) is 5.82 Å². The Kier molecular flexibility index (Phi) is 4.70. The second-order valence-corrected chi connectivity index (χ2v) is 5.22. The molecule has 0 aromatic heterocycles. The predicted octanol–water partition coefficient (Wildman–Crippen LogP) is 3.46. The van der Waals surface area contributed by atoms with Crippen LogP contribution in [0.2, 0.25) is 0 Å². The van der Waals surface area contributed by atoms with Gasteiger partial charge in [-0.1, -0.05) is 30.3 Å². The number of carbonyl (C=O) groups is 1. The number of rotatable bonds is 5. The minimum Gasteiger partial charge on any atom is -0.478 e. The monoisotopic (exact) mass is 287 g/mol. The van der Waals surface area contributed by atoms with Gasteiger partial charge in [0.2, 0.25) is 0 Å². The number of aromatic carboxylic acids is 1. The van der Waals surface area contributed by atoms with Crippen LogP contribution in [-0.4, -0.2) is 23.0 Å². The topological polar surface area (TPSA) is 40.5 Å². The lowest BCUT2D eigenvalue weighted by Gasteiger charge is -2.18. The number of hydrogen-bond acceptors (Lipinski definition) is 2. The zero-order valence-electron chi connectivity index (χ0n) is 12.1. The lowest BCUT2D eigenvalue weighted by molar-refractivity contribution is 0.0692. The fourth-order valence-corrected chi connectivity index (χ4v) is 2.28. The summed E-state index contributed by atoms with van der Waals surface area (Å²) in [6.07, 6.45) is 0. The van der Waals surface area contributed by atoms with E-state index in [9.17, 15) is 9.18 Å². The van der Waals surface area contributed by atoms with Crippen molar-refractivity contribution in [1.82, 2.24) is 4.90 Å². The lowest BCUT2D eigenvalue weighted by atomic mass is 10.1. The maximum atomic E-state index is 13.6. The van der Waals surface area contributed by atoms with E-state index in [1.54, 1.807) is 6.07 Å². The van der Waals surface area contributed by atoms with E-state index in [1.807, 2.05) is 19.2 Å². The predicted molar refractivity (Wildman–Crippen MR) is 79.7 cm³/mol. The zero-order valence-corrected chi connectivity index (χ0v) is 12.1. The van der Waals surface area contributed by atoms with Crippen molar-refractivity contribution in [1.29, 1.82) is 0 Å². The van der Waals surface area contributed by atoms with Gasteiger partial charge < -0.3 is 5.11 Å². The zero-order chi connectivity index (χ0) is 15.4. The third kappa shape index (κ3) is 3.89. The van der Waals surface area contributed by atoms with Crippen molar-refractivity contribution in [3.8, 4) is 0 Å². The number of carboxylic acid groups (broad SMARTS) is 1. The molecule has 2 aromatic rings. The molecule has 0 fully saturated rings. The van der Waals surface area contributed by atoms with Crippen molar-refractivity contribution in [2.24, 2.45) is 0 Å². The average Bonchev–Trinajstić information content (AvgIpc) is 2.41. The molecule has 0 bridgehead atoms. The molecular weight excluding hydrogens is 269 g/mol. The second kappa shape index (κ2) is 6.50. The van der Waals surface area contributed by atoms with Crippen LogP contribution in [0.15, 0.2) is 42.5 Å². The molecule has 110 valence electrons. The van der Waals surface area contributed by atoms with Gasteiger partial charge in [0.05, 0.1) is 5.56 Å². The Balaban J connectivity index is 2.06. The third-order valence-corrected chi connectivity index (χ3v) is 3.42. The van der Waals surface area contributed by atoms with E-state index in [2.05, 4.69) is 24.0 Å². The first-order valence-corrected chi connectivity index (χ1v) is 6.72. The summed E-state index contributed by atoms with van der Waals surface area (Å²) in [5, 5.41) is 8.81. The molecule has 1 N–H and O–H groups in total. The highest BCUT2D eigenvalue weighted by molar-refractivity contribution is 5.87. The third-order valence-electron chi connectivity index (χ3n) is 3.42. The van der Waals surface area contributed by atoms with Gasteiger partial charge in [-0.3, -0.25) is 4.90 Å². The summed E-state index contributed by atoms with van der Waals surface area (Å²) in [5.74, 6) is -1.93. The Labute approximate surface area is 123 Å². The minimum absolute atomic E-state index is 0.291. The first-order valence-electron chi connectivity index (χ1n) is 6.72. The summed E-state index contributed by atoms with van der Waals surface area (Å²) in [6.45, 7) is 3.38. The lowest BCUT2D eigenvalue weighted by Crippen LogP contribution is -2.18. The molecule has 0 unspecified atom stereocenters. The highest BCUT2D eigenvalue weighted by atomic mass is 19.1.